The monoisotopic (exact) mass is 428 g/mol. The largest absolute Gasteiger partial charge is 0.462 e. The smallest absolute Gasteiger partial charge is 0.341 e. The lowest BCUT2D eigenvalue weighted by Gasteiger charge is -2.00. The molecule has 3 aromatic rings. The molecule has 0 bridgehead atoms. The molecule has 0 saturated heterocycles. The molecule has 1 aromatic heterocycles. The van der Waals surface area contributed by atoms with Crippen LogP contribution in [0.25, 0.3) is 5.69 Å². The zero-order valence-corrected chi connectivity index (χ0v) is 16.8. The van der Waals surface area contributed by atoms with Crippen molar-refractivity contribution in [3.63, 3.8) is 0 Å². The van der Waals surface area contributed by atoms with Crippen LogP contribution >= 0.6 is 35.6 Å². The zero-order valence-electron chi connectivity index (χ0n) is 14.4. The van der Waals surface area contributed by atoms with Crippen LogP contribution in [-0.2, 0) is 4.74 Å². The number of benzene rings is 2. The Bertz CT molecular complexity index is 871. The summed E-state index contributed by atoms with van der Waals surface area (Å²) in [4.78, 5) is 11.5. The average molecular weight is 430 g/mol. The first-order chi connectivity index (χ1) is 12.5. The molecule has 0 unspecified atom stereocenters. The van der Waals surface area contributed by atoms with Gasteiger partial charge in [0.1, 0.15) is 0 Å². The van der Waals surface area contributed by atoms with Crippen molar-refractivity contribution in [1.82, 2.24) is 9.78 Å². The molecule has 0 saturated carbocycles. The van der Waals surface area contributed by atoms with Crippen LogP contribution in [0.4, 0.5) is 5.69 Å². The Morgan fingerprint density at radius 2 is 1.85 bits per heavy atom. The van der Waals surface area contributed by atoms with Gasteiger partial charge in [-0.15, -0.1) is 12.4 Å². The number of nitrogens with two attached hydrogens (primary N) is 1. The van der Waals surface area contributed by atoms with E-state index < -0.39 is 0 Å². The number of nitrogen functional groups attached to an aromatic ring is 1. The van der Waals surface area contributed by atoms with Gasteiger partial charge in [-0.25, -0.2) is 9.48 Å². The number of rotatable bonds is 4. The van der Waals surface area contributed by atoms with E-state index in [4.69, 9.17) is 33.8 Å². The third-order valence-electron chi connectivity index (χ3n) is 3.16. The predicted molar refractivity (Wildman–Crippen MR) is 111 cm³/mol. The number of nitrogens with one attached hydrogen (secondary N) is 1. The van der Waals surface area contributed by atoms with Crippen molar-refractivity contribution >= 4 is 47.3 Å². The maximum absolute atomic E-state index is 11.5. The SMILES string of the molecule is CCOC(=O)c1cnn(-c2cccc(Cl)c2)c1.Cl.NNc1cccc(Cl)c1. The van der Waals surface area contributed by atoms with Crippen LogP contribution in [0.2, 0.25) is 10.0 Å². The Kier molecular flexibility index (Phi) is 9.67. The van der Waals surface area contributed by atoms with Crippen molar-refractivity contribution in [3.8, 4) is 5.69 Å². The fourth-order valence-corrected chi connectivity index (χ4v) is 2.36. The second kappa shape index (κ2) is 11.5. The van der Waals surface area contributed by atoms with E-state index in [9.17, 15) is 4.79 Å². The summed E-state index contributed by atoms with van der Waals surface area (Å²) in [6.07, 6.45) is 3.09. The molecule has 0 aliphatic heterocycles. The summed E-state index contributed by atoms with van der Waals surface area (Å²) in [6, 6.07) is 14.4. The number of aromatic nitrogens is 2. The number of nitrogens with zero attached hydrogens (tertiary/aromatic N) is 2. The molecular weight excluding hydrogens is 411 g/mol. The van der Waals surface area contributed by atoms with Crippen LogP contribution < -0.4 is 11.3 Å². The van der Waals surface area contributed by atoms with Gasteiger partial charge in [0, 0.05) is 21.9 Å². The number of halogens is 3. The highest BCUT2D eigenvalue weighted by molar-refractivity contribution is 6.31. The molecule has 0 aliphatic rings. The Morgan fingerprint density at radius 1 is 1.19 bits per heavy atom. The van der Waals surface area contributed by atoms with Gasteiger partial charge in [0.15, 0.2) is 0 Å². The van der Waals surface area contributed by atoms with Gasteiger partial charge in [-0.1, -0.05) is 35.3 Å². The lowest BCUT2D eigenvalue weighted by molar-refractivity contribution is 0.0526. The summed E-state index contributed by atoms with van der Waals surface area (Å²) in [5, 5.41) is 5.39. The highest BCUT2D eigenvalue weighted by Gasteiger charge is 2.09. The topological polar surface area (TPSA) is 82.2 Å². The van der Waals surface area contributed by atoms with Crippen molar-refractivity contribution in [3.05, 3.63) is 76.5 Å². The Labute approximate surface area is 173 Å². The minimum atomic E-state index is -0.374. The van der Waals surface area contributed by atoms with E-state index in [2.05, 4.69) is 10.5 Å². The van der Waals surface area contributed by atoms with Gasteiger partial charge in [-0.2, -0.15) is 5.10 Å². The summed E-state index contributed by atoms with van der Waals surface area (Å²) >= 11 is 11.5. The fraction of sp³-hybridized carbons (Fsp3) is 0.111. The summed E-state index contributed by atoms with van der Waals surface area (Å²) in [5.74, 6) is 4.74. The molecule has 0 amide bonds. The van der Waals surface area contributed by atoms with Gasteiger partial charge in [0.05, 0.1) is 24.1 Å². The van der Waals surface area contributed by atoms with Gasteiger partial charge < -0.3 is 10.2 Å². The number of carbonyl (C=O) groups is 1. The molecule has 0 radical (unpaired) electrons. The van der Waals surface area contributed by atoms with E-state index in [1.807, 2.05) is 24.3 Å². The van der Waals surface area contributed by atoms with Gasteiger partial charge in [0.25, 0.3) is 0 Å². The van der Waals surface area contributed by atoms with Gasteiger partial charge in [-0.3, -0.25) is 5.84 Å². The third kappa shape index (κ3) is 7.11. The van der Waals surface area contributed by atoms with E-state index in [0.717, 1.165) is 11.4 Å². The second-order valence-corrected chi connectivity index (χ2v) is 5.90. The van der Waals surface area contributed by atoms with Crippen LogP contribution in [0, 0.1) is 0 Å². The number of ether oxygens (including phenoxy) is 1. The van der Waals surface area contributed by atoms with Crippen LogP contribution in [0.1, 0.15) is 17.3 Å². The van der Waals surface area contributed by atoms with Crippen molar-refractivity contribution in [2.75, 3.05) is 12.0 Å². The normalized spacial score (nSPS) is 9.48. The molecule has 0 atom stereocenters. The summed E-state index contributed by atoms with van der Waals surface area (Å²) in [6.45, 7) is 2.11. The third-order valence-corrected chi connectivity index (χ3v) is 3.63. The van der Waals surface area contributed by atoms with Crippen molar-refractivity contribution in [1.29, 1.82) is 0 Å². The maximum Gasteiger partial charge on any atom is 0.341 e. The second-order valence-electron chi connectivity index (χ2n) is 5.03. The number of hydrazine groups is 1. The molecule has 27 heavy (non-hydrogen) atoms. The van der Waals surface area contributed by atoms with Crippen molar-refractivity contribution in [2.24, 2.45) is 5.84 Å². The lowest BCUT2D eigenvalue weighted by atomic mass is 10.3. The molecule has 3 N–H and O–H groups in total. The quantitative estimate of drug-likeness (QED) is 0.355. The lowest BCUT2D eigenvalue weighted by Crippen LogP contribution is -2.05. The molecule has 144 valence electrons. The summed E-state index contributed by atoms with van der Waals surface area (Å²) in [7, 11) is 0. The minimum Gasteiger partial charge on any atom is -0.462 e. The van der Waals surface area contributed by atoms with Crippen molar-refractivity contribution in [2.45, 2.75) is 6.92 Å². The van der Waals surface area contributed by atoms with Gasteiger partial charge in [0.2, 0.25) is 0 Å². The number of anilines is 1. The molecule has 9 heteroatoms. The van der Waals surface area contributed by atoms with Crippen molar-refractivity contribution < 1.29 is 9.53 Å². The van der Waals surface area contributed by atoms with E-state index in [1.165, 1.54) is 6.20 Å². The number of hydrogen-bond acceptors (Lipinski definition) is 5. The summed E-state index contributed by atoms with van der Waals surface area (Å²) in [5.41, 5.74) is 4.53. The van der Waals surface area contributed by atoms with Gasteiger partial charge >= 0.3 is 5.97 Å². The Hall–Kier alpha value is -2.25. The first-order valence-corrected chi connectivity index (χ1v) is 8.49. The highest BCUT2D eigenvalue weighted by Crippen LogP contribution is 2.15. The van der Waals surface area contributed by atoms with Gasteiger partial charge in [-0.05, 0) is 43.3 Å². The maximum atomic E-state index is 11.5. The van der Waals surface area contributed by atoms with E-state index >= 15 is 0 Å². The molecule has 3 rings (SSSR count). The zero-order chi connectivity index (χ0) is 18.9. The predicted octanol–water partition coefficient (Wildman–Crippen LogP) is 4.75. The van der Waals surface area contributed by atoms with E-state index in [0.29, 0.717) is 22.2 Å². The molecule has 6 nitrogen and oxygen atoms in total. The minimum absolute atomic E-state index is 0. The highest BCUT2D eigenvalue weighted by atomic mass is 35.5. The van der Waals surface area contributed by atoms with Crippen LogP contribution in [-0.4, -0.2) is 22.4 Å². The summed E-state index contributed by atoms with van der Waals surface area (Å²) < 4.78 is 6.46. The van der Waals surface area contributed by atoms with Crippen LogP contribution in [0.15, 0.2) is 60.9 Å². The number of hydrogen-bond donors (Lipinski definition) is 2. The average Bonchev–Trinajstić information content (AvgIpc) is 3.13. The molecule has 0 aliphatic carbocycles. The molecule has 0 fully saturated rings. The molecular formula is C18H19Cl3N4O2. The molecule has 1 heterocycles. The van der Waals surface area contributed by atoms with E-state index in [-0.39, 0.29) is 18.4 Å². The molecule has 0 spiro atoms. The van der Waals surface area contributed by atoms with Crippen LogP contribution in [0.5, 0.6) is 0 Å². The van der Waals surface area contributed by atoms with Crippen LogP contribution in [0.3, 0.4) is 0 Å². The molecule has 2 aromatic carbocycles. The standard InChI is InChI=1S/C12H11ClN2O2.C6H7ClN2.ClH/c1-2-17-12(16)9-7-14-15(8-9)11-5-3-4-10(13)6-11;7-5-2-1-3-6(4-5)9-8;/h3-8H,2H2,1H3;1-4,9H,8H2;1H. The fourth-order valence-electron chi connectivity index (χ4n) is 1.98. The number of esters is 1. The Morgan fingerprint density at radius 3 is 2.41 bits per heavy atom. The Balaban J connectivity index is 0.000000310. The van der Waals surface area contributed by atoms with E-state index in [1.54, 1.807) is 42.1 Å². The number of carbonyl (C=O) groups excluding carboxylic acids is 1. The first-order valence-electron chi connectivity index (χ1n) is 7.73. The first kappa shape index (κ1) is 22.8.